The number of nitrogens with one attached hydrogen (secondary N) is 1. The molecule has 0 bridgehead atoms. The van der Waals surface area contributed by atoms with E-state index in [1.807, 2.05) is 44.2 Å². The SMILES string of the molecule is C.CC(C)C[C@H](OCc1ccccc1)C(=O)N[C@@H]1C(=O)CO[C@@H]1C.S.S. The molecule has 0 spiro atoms. The fourth-order valence-corrected chi connectivity index (χ4v) is 2.56. The van der Waals surface area contributed by atoms with Crippen molar-refractivity contribution in [2.75, 3.05) is 6.61 Å². The molecule has 1 aliphatic rings. The van der Waals surface area contributed by atoms with Crippen molar-refractivity contribution in [3.05, 3.63) is 35.9 Å². The molecule has 5 nitrogen and oxygen atoms in total. The Hall–Kier alpha value is -1.02. The minimum absolute atomic E-state index is 0. The molecule has 0 aromatic heterocycles. The number of hydrogen-bond donors (Lipinski definition) is 1. The van der Waals surface area contributed by atoms with Crippen molar-refractivity contribution in [1.82, 2.24) is 5.32 Å². The summed E-state index contributed by atoms with van der Waals surface area (Å²) >= 11 is 0. The predicted octanol–water partition coefficient (Wildman–Crippen LogP) is 2.95. The van der Waals surface area contributed by atoms with Crippen LogP contribution in [0.1, 0.15) is 40.2 Å². The molecule has 1 aromatic rings. The van der Waals surface area contributed by atoms with E-state index in [1.54, 1.807) is 6.92 Å². The zero-order valence-electron chi connectivity index (χ0n) is 15.0. The van der Waals surface area contributed by atoms with E-state index >= 15 is 0 Å². The van der Waals surface area contributed by atoms with Gasteiger partial charge in [-0.15, -0.1) is 0 Å². The van der Waals surface area contributed by atoms with Crippen molar-refractivity contribution < 1.29 is 19.1 Å². The highest BCUT2D eigenvalue weighted by Crippen LogP contribution is 2.14. The smallest absolute Gasteiger partial charge is 0.249 e. The summed E-state index contributed by atoms with van der Waals surface area (Å²) in [6.45, 7) is 6.30. The molecule has 1 heterocycles. The first-order valence-corrected chi connectivity index (χ1v) is 8.07. The number of carbonyl (C=O) groups excluding carboxylic acids is 2. The fraction of sp³-hybridized carbons (Fsp3) is 0.579. The summed E-state index contributed by atoms with van der Waals surface area (Å²) in [5.41, 5.74) is 1.02. The second-order valence-electron chi connectivity index (χ2n) is 6.38. The maximum absolute atomic E-state index is 12.5. The number of ether oxygens (including phenoxy) is 2. The van der Waals surface area contributed by atoms with Gasteiger partial charge < -0.3 is 14.8 Å². The van der Waals surface area contributed by atoms with Gasteiger partial charge in [0.25, 0.3) is 0 Å². The number of carbonyl (C=O) groups is 2. The largest absolute Gasteiger partial charge is 0.368 e. The van der Waals surface area contributed by atoms with Gasteiger partial charge in [-0.25, -0.2) is 0 Å². The highest BCUT2D eigenvalue weighted by Gasteiger charge is 2.35. The highest BCUT2D eigenvalue weighted by molar-refractivity contribution is 7.59. The number of benzene rings is 1. The van der Waals surface area contributed by atoms with Crippen LogP contribution in [-0.4, -0.2) is 36.5 Å². The molecular formula is C19H33NO4S2. The third-order valence-corrected chi connectivity index (χ3v) is 3.87. The van der Waals surface area contributed by atoms with Crippen LogP contribution < -0.4 is 5.32 Å². The average Bonchev–Trinajstić information content (AvgIpc) is 2.84. The summed E-state index contributed by atoms with van der Waals surface area (Å²) in [6.07, 6.45) is -0.259. The van der Waals surface area contributed by atoms with Crippen LogP contribution in [0, 0.1) is 5.92 Å². The zero-order valence-corrected chi connectivity index (χ0v) is 17.0. The Bertz CT molecular complexity index is 540. The lowest BCUT2D eigenvalue weighted by molar-refractivity contribution is -0.137. The number of ketones is 1. The van der Waals surface area contributed by atoms with Crippen molar-refractivity contribution in [1.29, 1.82) is 0 Å². The lowest BCUT2D eigenvalue weighted by Gasteiger charge is -2.22. The van der Waals surface area contributed by atoms with Gasteiger partial charge in [0.2, 0.25) is 5.91 Å². The molecule has 1 saturated heterocycles. The Morgan fingerprint density at radius 3 is 2.38 bits per heavy atom. The molecule has 26 heavy (non-hydrogen) atoms. The van der Waals surface area contributed by atoms with Gasteiger partial charge in [-0.3, -0.25) is 9.59 Å². The summed E-state index contributed by atoms with van der Waals surface area (Å²) < 4.78 is 11.1. The topological polar surface area (TPSA) is 64.6 Å². The van der Waals surface area contributed by atoms with Gasteiger partial charge in [-0.2, -0.15) is 27.0 Å². The van der Waals surface area contributed by atoms with Crippen LogP contribution in [0.5, 0.6) is 0 Å². The molecule has 0 saturated carbocycles. The van der Waals surface area contributed by atoms with E-state index in [9.17, 15) is 9.59 Å². The standard InChI is InChI=1S/C18H25NO4.CH4.2H2S/c1-12(2)9-16(23-10-14-7-5-4-6-8-14)18(21)19-17-13(3)22-11-15(17)20;;;/h4-8,12-13,16-17H,9-11H2,1-3H3,(H,19,21);1H4;2*1H2/t13-,16+,17+;;;/m1.../s1. The average molecular weight is 404 g/mol. The van der Waals surface area contributed by atoms with Gasteiger partial charge in [-0.1, -0.05) is 51.6 Å². The van der Waals surface area contributed by atoms with Crippen LogP contribution in [0.4, 0.5) is 0 Å². The molecule has 0 aliphatic carbocycles. The molecule has 7 heteroatoms. The monoisotopic (exact) mass is 403 g/mol. The van der Waals surface area contributed by atoms with E-state index in [0.717, 1.165) is 5.56 Å². The quantitative estimate of drug-likeness (QED) is 0.760. The molecule has 1 aromatic carbocycles. The van der Waals surface area contributed by atoms with E-state index < -0.39 is 12.1 Å². The normalized spacial score (nSPS) is 19.8. The Kier molecular flexibility index (Phi) is 13.8. The van der Waals surface area contributed by atoms with Crippen LogP contribution in [-0.2, 0) is 25.7 Å². The lowest BCUT2D eigenvalue weighted by Crippen LogP contribution is -2.48. The van der Waals surface area contributed by atoms with Crippen LogP contribution in [0.15, 0.2) is 30.3 Å². The second kappa shape index (κ2) is 13.2. The van der Waals surface area contributed by atoms with Crippen LogP contribution in [0.2, 0.25) is 0 Å². The Morgan fingerprint density at radius 1 is 1.27 bits per heavy atom. The Balaban J connectivity index is 0. The van der Waals surface area contributed by atoms with Gasteiger partial charge in [0.05, 0.1) is 12.7 Å². The van der Waals surface area contributed by atoms with Crippen LogP contribution in [0.25, 0.3) is 0 Å². The Morgan fingerprint density at radius 2 is 1.88 bits per heavy atom. The minimum atomic E-state index is -0.573. The summed E-state index contributed by atoms with van der Waals surface area (Å²) in [5.74, 6) is -0.0167. The summed E-state index contributed by atoms with van der Waals surface area (Å²) in [4.78, 5) is 24.3. The maximum atomic E-state index is 12.5. The van der Waals surface area contributed by atoms with Gasteiger partial charge in [-0.05, 0) is 24.8 Å². The summed E-state index contributed by atoms with van der Waals surface area (Å²) in [6, 6.07) is 9.16. The second-order valence-corrected chi connectivity index (χ2v) is 6.38. The molecule has 1 aliphatic heterocycles. The van der Waals surface area contributed by atoms with Gasteiger partial charge in [0.1, 0.15) is 18.8 Å². The zero-order chi connectivity index (χ0) is 16.8. The first-order chi connectivity index (χ1) is 11.0. The highest BCUT2D eigenvalue weighted by atomic mass is 32.1. The van der Waals surface area contributed by atoms with Crippen molar-refractivity contribution in [3.63, 3.8) is 0 Å². The molecule has 3 atom stereocenters. The molecule has 150 valence electrons. The first-order valence-electron chi connectivity index (χ1n) is 8.07. The molecule has 1 fully saturated rings. The van der Waals surface area contributed by atoms with E-state index in [2.05, 4.69) is 5.32 Å². The van der Waals surface area contributed by atoms with Gasteiger partial charge in [0.15, 0.2) is 5.78 Å². The maximum Gasteiger partial charge on any atom is 0.249 e. The third-order valence-electron chi connectivity index (χ3n) is 3.87. The van der Waals surface area contributed by atoms with Crippen LogP contribution in [0.3, 0.4) is 0 Å². The van der Waals surface area contributed by atoms with Crippen molar-refractivity contribution in [2.24, 2.45) is 5.92 Å². The fourth-order valence-electron chi connectivity index (χ4n) is 2.56. The number of rotatable bonds is 7. The summed E-state index contributed by atoms with van der Waals surface area (Å²) in [5, 5.41) is 2.78. The summed E-state index contributed by atoms with van der Waals surface area (Å²) in [7, 11) is 0. The van der Waals surface area contributed by atoms with Crippen molar-refractivity contribution >= 4 is 38.7 Å². The molecule has 0 radical (unpaired) electrons. The van der Waals surface area contributed by atoms with Crippen LogP contribution >= 0.6 is 27.0 Å². The van der Waals surface area contributed by atoms with Crippen molar-refractivity contribution in [2.45, 2.75) is 59.5 Å². The molecule has 1 amide bonds. The number of hydrogen-bond acceptors (Lipinski definition) is 4. The first kappa shape index (κ1) is 27.2. The van der Waals surface area contributed by atoms with Gasteiger partial charge >= 0.3 is 0 Å². The van der Waals surface area contributed by atoms with E-state index in [1.165, 1.54) is 0 Å². The number of amides is 1. The van der Waals surface area contributed by atoms with E-state index in [-0.39, 0.29) is 58.8 Å². The lowest BCUT2D eigenvalue weighted by atomic mass is 10.0. The molecule has 1 N–H and O–H groups in total. The molecular weight excluding hydrogens is 370 g/mol. The van der Waals surface area contributed by atoms with Gasteiger partial charge in [0, 0.05) is 0 Å². The van der Waals surface area contributed by atoms with Crippen molar-refractivity contribution in [3.8, 4) is 0 Å². The Labute approximate surface area is 171 Å². The molecule has 0 unspecified atom stereocenters. The predicted molar refractivity (Wildman–Crippen MR) is 114 cm³/mol. The minimum Gasteiger partial charge on any atom is -0.368 e. The van der Waals surface area contributed by atoms with E-state index in [0.29, 0.717) is 18.9 Å². The van der Waals surface area contributed by atoms with E-state index in [4.69, 9.17) is 9.47 Å². The third kappa shape index (κ3) is 8.12. The molecule has 2 rings (SSSR count). The number of Topliss-reactive ketones (excluding diaryl/α,β-unsaturated/α-hetero) is 1.